The normalized spacial score (nSPS) is 8.11. The summed E-state index contributed by atoms with van der Waals surface area (Å²) in [5.41, 5.74) is 7.51. The summed E-state index contributed by atoms with van der Waals surface area (Å²) < 4.78 is 0. The second kappa shape index (κ2) is 3.13. The van der Waals surface area contributed by atoms with Crippen LogP contribution in [0.2, 0.25) is 0 Å². The molecule has 0 amide bonds. The van der Waals surface area contributed by atoms with Gasteiger partial charge in [-0.1, -0.05) is 25.1 Å². The van der Waals surface area contributed by atoms with Gasteiger partial charge in [0.25, 0.3) is 0 Å². The van der Waals surface area contributed by atoms with Crippen LogP contribution >= 0.6 is 0 Å². The van der Waals surface area contributed by atoms with Crippen LogP contribution in [0, 0.1) is 6.92 Å². The van der Waals surface area contributed by atoms with Gasteiger partial charge in [-0.3, -0.25) is 0 Å². The van der Waals surface area contributed by atoms with E-state index < -0.39 is 0 Å². The molecule has 0 unspecified atom stereocenters. The zero-order chi connectivity index (χ0) is 5.98. The molecule has 0 aromatic heterocycles. The lowest BCUT2D eigenvalue weighted by Gasteiger charge is -1.90. The topological polar surface area (TPSA) is 26.0 Å². The minimum absolute atomic E-state index is 0. The van der Waals surface area contributed by atoms with E-state index in [2.05, 4.69) is 0 Å². The molecule has 0 aliphatic heterocycles. The Morgan fingerprint density at radius 1 is 1.11 bits per heavy atom. The molecule has 0 saturated heterocycles. The Labute approximate surface area is 56.5 Å². The summed E-state index contributed by atoms with van der Waals surface area (Å²) in [6.07, 6.45) is 0. The van der Waals surface area contributed by atoms with Gasteiger partial charge in [0.2, 0.25) is 0 Å². The second-order valence-corrected chi connectivity index (χ2v) is 1.91. The first kappa shape index (κ1) is 8.02. The molecular formula is C8H13N. The fourth-order valence-corrected chi connectivity index (χ4v) is 0.566. The van der Waals surface area contributed by atoms with Gasteiger partial charge in [-0.2, -0.15) is 0 Å². The minimum atomic E-state index is 0. The summed E-state index contributed by atoms with van der Waals surface area (Å²) in [7, 11) is 0. The molecule has 0 fully saturated rings. The monoisotopic (exact) mass is 123 g/mol. The van der Waals surface area contributed by atoms with E-state index in [9.17, 15) is 0 Å². The summed E-state index contributed by atoms with van der Waals surface area (Å²) in [5.74, 6) is 0. The first-order valence-electron chi connectivity index (χ1n) is 2.61. The highest BCUT2D eigenvalue weighted by atomic mass is 14.5. The Hall–Kier alpha value is -0.980. The number of nitrogen functional groups attached to an aromatic ring is 1. The largest absolute Gasteiger partial charge is 0.399 e. The van der Waals surface area contributed by atoms with Gasteiger partial charge in [0.05, 0.1) is 0 Å². The van der Waals surface area contributed by atoms with E-state index in [0.717, 1.165) is 5.69 Å². The van der Waals surface area contributed by atoms with Gasteiger partial charge in [0.1, 0.15) is 0 Å². The Bertz CT molecular complexity index is 143. The zero-order valence-corrected chi connectivity index (χ0v) is 4.89. The number of rotatable bonds is 0. The third-order valence-corrected chi connectivity index (χ3v) is 1.08. The SMILES string of the molecule is C.Cc1ccc(N)cc1. The molecule has 2 N–H and O–H groups in total. The average Bonchev–Trinajstić information content (AvgIpc) is 1.77. The summed E-state index contributed by atoms with van der Waals surface area (Å²) >= 11 is 0. The van der Waals surface area contributed by atoms with Crippen molar-refractivity contribution in [2.24, 2.45) is 0 Å². The summed E-state index contributed by atoms with van der Waals surface area (Å²) in [6.45, 7) is 2.04. The average molecular weight is 123 g/mol. The van der Waals surface area contributed by atoms with Crippen molar-refractivity contribution in [1.82, 2.24) is 0 Å². The van der Waals surface area contributed by atoms with Crippen LogP contribution in [0.25, 0.3) is 0 Å². The predicted molar refractivity (Wildman–Crippen MR) is 42.3 cm³/mol. The van der Waals surface area contributed by atoms with Crippen molar-refractivity contribution in [1.29, 1.82) is 0 Å². The van der Waals surface area contributed by atoms with Crippen LogP contribution < -0.4 is 5.73 Å². The molecule has 0 radical (unpaired) electrons. The lowest BCUT2D eigenvalue weighted by atomic mass is 10.2. The maximum atomic E-state index is 5.43. The number of aryl methyl sites for hydroxylation is 1. The molecule has 0 atom stereocenters. The number of benzene rings is 1. The highest BCUT2D eigenvalue weighted by Gasteiger charge is 1.80. The second-order valence-electron chi connectivity index (χ2n) is 1.91. The van der Waals surface area contributed by atoms with Gasteiger partial charge >= 0.3 is 0 Å². The molecule has 1 rings (SSSR count). The van der Waals surface area contributed by atoms with E-state index in [1.807, 2.05) is 31.2 Å². The van der Waals surface area contributed by atoms with Crippen molar-refractivity contribution >= 4 is 5.69 Å². The fraction of sp³-hybridized carbons (Fsp3) is 0.250. The fourth-order valence-electron chi connectivity index (χ4n) is 0.566. The zero-order valence-electron chi connectivity index (χ0n) is 4.89. The van der Waals surface area contributed by atoms with E-state index in [1.165, 1.54) is 5.56 Å². The molecule has 1 nitrogen and oxygen atoms in total. The first-order valence-corrected chi connectivity index (χ1v) is 2.61. The number of anilines is 1. The molecule has 1 aromatic carbocycles. The van der Waals surface area contributed by atoms with Crippen LogP contribution in [0.15, 0.2) is 24.3 Å². The Kier molecular flexibility index (Phi) is 2.79. The highest BCUT2D eigenvalue weighted by Crippen LogP contribution is 2.02. The van der Waals surface area contributed by atoms with E-state index in [1.54, 1.807) is 0 Å². The molecule has 0 spiro atoms. The maximum absolute atomic E-state index is 5.43. The van der Waals surface area contributed by atoms with Gasteiger partial charge in [-0.15, -0.1) is 0 Å². The van der Waals surface area contributed by atoms with Crippen molar-refractivity contribution in [2.45, 2.75) is 14.4 Å². The van der Waals surface area contributed by atoms with Gasteiger partial charge in [-0.25, -0.2) is 0 Å². The van der Waals surface area contributed by atoms with Crippen molar-refractivity contribution < 1.29 is 0 Å². The Balaban J connectivity index is 0.000000640. The molecule has 0 aliphatic carbocycles. The summed E-state index contributed by atoms with van der Waals surface area (Å²) in [5, 5.41) is 0. The van der Waals surface area contributed by atoms with Gasteiger partial charge in [-0.05, 0) is 19.1 Å². The van der Waals surface area contributed by atoms with Crippen molar-refractivity contribution in [3.8, 4) is 0 Å². The molecule has 0 aliphatic rings. The predicted octanol–water partition coefficient (Wildman–Crippen LogP) is 2.21. The quantitative estimate of drug-likeness (QED) is 0.526. The van der Waals surface area contributed by atoms with Crippen LogP contribution in [0.1, 0.15) is 13.0 Å². The van der Waals surface area contributed by atoms with E-state index in [4.69, 9.17) is 5.73 Å². The molecule has 1 heteroatoms. The van der Waals surface area contributed by atoms with Crippen molar-refractivity contribution in [2.75, 3.05) is 5.73 Å². The summed E-state index contributed by atoms with van der Waals surface area (Å²) in [4.78, 5) is 0. The van der Waals surface area contributed by atoms with Crippen molar-refractivity contribution in [3.63, 3.8) is 0 Å². The van der Waals surface area contributed by atoms with Crippen LogP contribution in [0.4, 0.5) is 5.69 Å². The van der Waals surface area contributed by atoms with Crippen LogP contribution in [0.3, 0.4) is 0 Å². The maximum Gasteiger partial charge on any atom is 0.0314 e. The molecule has 1 aromatic rings. The third kappa shape index (κ3) is 2.17. The smallest absolute Gasteiger partial charge is 0.0314 e. The molecule has 50 valence electrons. The van der Waals surface area contributed by atoms with Gasteiger partial charge in [0.15, 0.2) is 0 Å². The van der Waals surface area contributed by atoms with E-state index in [-0.39, 0.29) is 7.43 Å². The van der Waals surface area contributed by atoms with Crippen LogP contribution in [-0.4, -0.2) is 0 Å². The lowest BCUT2D eigenvalue weighted by molar-refractivity contribution is 1.47. The number of hydrogen-bond donors (Lipinski definition) is 1. The highest BCUT2D eigenvalue weighted by molar-refractivity contribution is 5.38. The molecule has 0 bridgehead atoms. The Morgan fingerprint density at radius 3 is 1.89 bits per heavy atom. The number of hydrogen-bond acceptors (Lipinski definition) is 1. The first-order chi connectivity index (χ1) is 3.79. The summed E-state index contributed by atoms with van der Waals surface area (Å²) in [6, 6.07) is 7.79. The van der Waals surface area contributed by atoms with Crippen molar-refractivity contribution in [3.05, 3.63) is 29.8 Å². The van der Waals surface area contributed by atoms with Crippen LogP contribution in [-0.2, 0) is 0 Å². The third-order valence-electron chi connectivity index (χ3n) is 1.08. The van der Waals surface area contributed by atoms with Gasteiger partial charge in [0, 0.05) is 5.69 Å². The van der Waals surface area contributed by atoms with Gasteiger partial charge < -0.3 is 5.73 Å². The molecule has 9 heavy (non-hydrogen) atoms. The minimum Gasteiger partial charge on any atom is -0.399 e. The van der Waals surface area contributed by atoms with Crippen LogP contribution in [0.5, 0.6) is 0 Å². The molecule has 0 heterocycles. The standard InChI is InChI=1S/C7H9N.CH4/c1-6-2-4-7(8)5-3-6;/h2-5H,8H2,1H3;1H4. The van der Waals surface area contributed by atoms with E-state index in [0.29, 0.717) is 0 Å². The Morgan fingerprint density at radius 2 is 1.56 bits per heavy atom. The molecular weight excluding hydrogens is 110 g/mol. The molecule has 0 saturated carbocycles. The number of nitrogens with two attached hydrogens (primary N) is 1. The van der Waals surface area contributed by atoms with E-state index >= 15 is 0 Å². The lowest BCUT2D eigenvalue weighted by Crippen LogP contribution is -1.81.